The van der Waals surface area contributed by atoms with Gasteiger partial charge in [0.25, 0.3) is 5.91 Å². The van der Waals surface area contributed by atoms with Gasteiger partial charge in [0.15, 0.2) is 0 Å². The molecule has 0 aliphatic carbocycles. The lowest BCUT2D eigenvalue weighted by atomic mass is 9.96. The molecule has 0 unspecified atom stereocenters. The smallest absolute Gasteiger partial charge is 0.308 e. The van der Waals surface area contributed by atoms with Gasteiger partial charge in [0.1, 0.15) is 5.82 Å². The Bertz CT molecular complexity index is 525. The molecule has 108 valence electrons. The fraction of sp³-hybridized carbons (Fsp3) is 0.429. The minimum Gasteiger partial charge on any atom is -0.469 e. The highest BCUT2D eigenvalue weighted by Gasteiger charge is 2.28. The molecule has 1 aromatic rings. The van der Waals surface area contributed by atoms with Gasteiger partial charge in [-0.15, -0.1) is 0 Å². The summed E-state index contributed by atoms with van der Waals surface area (Å²) in [6.45, 7) is 0.964. The number of ether oxygens (including phenoxy) is 1. The lowest BCUT2D eigenvalue weighted by Gasteiger charge is -2.30. The van der Waals surface area contributed by atoms with Crippen LogP contribution in [0.5, 0.6) is 0 Å². The van der Waals surface area contributed by atoms with Crippen molar-refractivity contribution < 1.29 is 18.7 Å². The normalized spacial score (nSPS) is 16.0. The van der Waals surface area contributed by atoms with Gasteiger partial charge in [-0.25, -0.2) is 4.39 Å². The Morgan fingerprint density at radius 1 is 1.35 bits per heavy atom. The number of methoxy groups -OCH3 is 1. The summed E-state index contributed by atoms with van der Waals surface area (Å²) in [6, 6.07) is 3.94. The standard InChI is InChI=1S/C14H17FN2O3/c1-20-14(19)9-4-6-17(7-5-9)13(18)10-2-3-11(15)12(16)8-10/h2-3,8-9H,4-7,16H2,1H3. The fourth-order valence-electron chi connectivity index (χ4n) is 2.34. The predicted octanol–water partition coefficient (Wildman–Crippen LogP) is 1.43. The number of nitrogens with zero attached hydrogens (tertiary/aromatic N) is 1. The molecule has 6 heteroatoms. The Kier molecular flexibility index (Phi) is 4.22. The van der Waals surface area contributed by atoms with E-state index in [1.807, 2.05) is 0 Å². The molecule has 0 spiro atoms. The maximum atomic E-state index is 13.1. The predicted molar refractivity (Wildman–Crippen MR) is 71.5 cm³/mol. The maximum Gasteiger partial charge on any atom is 0.308 e. The van der Waals surface area contributed by atoms with E-state index < -0.39 is 5.82 Å². The molecule has 0 aromatic heterocycles. The summed E-state index contributed by atoms with van der Waals surface area (Å²) in [7, 11) is 1.36. The average molecular weight is 280 g/mol. The van der Waals surface area contributed by atoms with Gasteiger partial charge < -0.3 is 15.4 Å². The first kappa shape index (κ1) is 14.3. The molecule has 1 fully saturated rings. The summed E-state index contributed by atoms with van der Waals surface area (Å²) in [5.41, 5.74) is 5.78. The van der Waals surface area contributed by atoms with Crippen molar-refractivity contribution in [3.8, 4) is 0 Å². The third-order valence-electron chi connectivity index (χ3n) is 3.56. The summed E-state index contributed by atoms with van der Waals surface area (Å²) in [4.78, 5) is 25.3. The Morgan fingerprint density at radius 3 is 2.55 bits per heavy atom. The van der Waals surface area contributed by atoms with Crippen LogP contribution in [0.3, 0.4) is 0 Å². The van der Waals surface area contributed by atoms with Gasteiger partial charge in [-0.1, -0.05) is 0 Å². The number of carbonyl (C=O) groups excluding carboxylic acids is 2. The second kappa shape index (κ2) is 5.90. The molecule has 1 aliphatic heterocycles. The molecule has 1 heterocycles. The number of hydrogen-bond donors (Lipinski definition) is 1. The molecule has 1 amide bonds. The zero-order valence-corrected chi connectivity index (χ0v) is 11.3. The van der Waals surface area contributed by atoms with E-state index >= 15 is 0 Å². The molecule has 1 aromatic carbocycles. The van der Waals surface area contributed by atoms with E-state index in [0.717, 1.165) is 0 Å². The van der Waals surface area contributed by atoms with Crippen LogP contribution in [0.15, 0.2) is 18.2 Å². The fourth-order valence-corrected chi connectivity index (χ4v) is 2.34. The summed E-state index contributed by atoms with van der Waals surface area (Å²) in [6.07, 6.45) is 1.16. The maximum absolute atomic E-state index is 13.1. The first-order chi connectivity index (χ1) is 9.52. The Labute approximate surface area is 116 Å². The van der Waals surface area contributed by atoms with Crippen LogP contribution in [0.2, 0.25) is 0 Å². The SMILES string of the molecule is COC(=O)C1CCN(C(=O)c2ccc(F)c(N)c2)CC1. The lowest BCUT2D eigenvalue weighted by molar-refractivity contribution is -0.146. The number of benzene rings is 1. The molecule has 0 atom stereocenters. The third-order valence-corrected chi connectivity index (χ3v) is 3.56. The van der Waals surface area contributed by atoms with E-state index in [1.54, 1.807) is 4.90 Å². The average Bonchev–Trinajstić information content (AvgIpc) is 2.48. The van der Waals surface area contributed by atoms with Crippen molar-refractivity contribution >= 4 is 17.6 Å². The first-order valence-corrected chi connectivity index (χ1v) is 6.45. The Hall–Kier alpha value is -2.11. The number of amides is 1. The van der Waals surface area contributed by atoms with E-state index in [1.165, 1.54) is 25.3 Å². The van der Waals surface area contributed by atoms with Crippen LogP contribution < -0.4 is 5.73 Å². The zero-order chi connectivity index (χ0) is 14.7. The van der Waals surface area contributed by atoms with Gasteiger partial charge in [-0.3, -0.25) is 9.59 Å². The van der Waals surface area contributed by atoms with Crippen molar-refractivity contribution in [2.45, 2.75) is 12.8 Å². The number of esters is 1. The molecule has 5 nitrogen and oxygen atoms in total. The second-order valence-corrected chi connectivity index (χ2v) is 4.83. The number of nitrogens with two attached hydrogens (primary N) is 1. The second-order valence-electron chi connectivity index (χ2n) is 4.83. The first-order valence-electron chi connectivity index (χ1n) is 6.45. The summed E-state index contributed by atoms with van der Waals surface area (Å²) in [5, 5.41) is 0. The monoisotopic (exact) mass is 280 g/mol. The Balaban J connectivity index is 2.01. The topological polar surface area (TPSA) is 72.6 Å². The highest BCUT2D eigenvalue weighted by Crippen LogP contribution is 2.21. The molecule has 1 aliphatic rings. The molecular weight excluding hydrogens is 263 g/mol. The zero-order valence-electron chi connectivity index (χ0n) is 11.3. The van der Waals surface area contributed by atoms with Crippen molar-refractivity contribution in [1.82, 2.24) is 4.90 Å². The molecule has 1 saturated heterocycles. The Morgan fingerprint density at radius 2 is 2.00 bits per heavy atom. The number of halogens is 1. The van der Waals surface area contributed by atoms with Gasteiger partial charge in [0.2, 0.25) is 0 Å². The van der Waals surface area contributed by atoms with Crippen LogP contribution in [0.1, 0.15) is 23.2 Å². The number of anilines is 1. The third kappa shape index (κ3) is 2.89. The molecule has 2 rings (SSSR count). The number of likely N-dealkylation sites (tertiary alicyclic amines) is 1. The number of hydrogen-bond acceptors (Lipinski definition) is 4. The van der Waals surface area contributed by atoms with Crippen molar-refractivity contribution in [2.75, 3.05) is 25.9 Å². The lowest BCUT2D eigenvalue weighted by Crippen LogP contribution is -2.40. The molecule has 0 bridgehead atoms. The molecular formula is C14H17FN2O3. The van der Waals surface area contributed by atoms with Gasteiger partial charge in [0, 0.05) is 18.7 Å². The van der Waals surface area contributed by atoms with Gasteiger partial charge in [-0.05, 0) is 31.0 Å². The van der Waals surface area contributed by atoms with Crippen LogP contribution in [-0.4, -0.2) is 37.0 Å². The van der Waals surface area contributed by atoms with Crippen LogP contribution in [0, 0.1) is 11.7 Å². The van der Waals surface area contributed by atoms with E-state index in [4.69, 9.17) is 10.5 Å². The minimum atomic E-state index is -0.536. The van der Waals surface area contributed by atoms with Crippen LogP contribution in [0.25, 0.3) is 0 Å². The van der Waals surface area contributed by atoms with Gasteiger partial charge >= 0.3 is 5.97 Å². The number of rotatable bonds is 2. The summed E-state index contributed by atoms with van der Waals surface area (Å²) in [5.74, 6) is -1.11. The highest BCUT2D eigenvalue weighted by molar-refractivity contribution is 5.95. The van der Waals surface area contributed by atoms with E-state index in [-0.39, 0.29) is 23.5 Å². The van der Waals surface area contributed by atoms with E-state index in [0.29, 0.717) is 31.5 Å². The van der Waals surface area contributed by atoms with E-state index in [2.05, 4.69) is 0 Å². The van der Waals surface area contributed by atoms with Gasteiger partial charge in [-0.2, -0.15) is 0 Å². The number of nitrogen functional groups attached to an aromatic ring is 1. The number of piperidine rings is 1. The largest absolute Gasteiger partial charge is 0.469 e. The highest BCUT2D eigenvalue weighted by atomic mass is 19.1. The van der Waals surface area contributed by atoms with Crippen LogP contribution in [0.4, 0.5) is 10.1 Å². The summed E-state index contributed by atoms with van der Waals surface area (Å²) >= 11 is 0. The molecule has 2 N–H and O–H groups in total. The van der Waals surface area contributed by atoms with E-state index in [9.17, 15) is 14.0 Å². The minimum absolute atomic E-state index is 0.0414. The van der Waals surface area contributed by atoms with Crippen LogP contribution >= 0.6 is 0 Å². The molecule has 20 heavy (non-hydrogen) atoms. The van der Waals surface area contributed by atoms with Crippen molar-refractivity contribution in [3.05, 3.63) is 29.6 Å². The molecule has 0 radical (unpaired) electrons. The van der Waals surface area contributed by atoms with Gasteiger partial charge in [0.05, 0.1) is 18.7 Å². The summed E-state index contributed by atoms with van der Waals surface area (Å²) < 4.78 is 17.8. The van der Waals surface area contributed by atoms with Crippen LogP contribution in [-0.2, 0) is 9.53 Å². The van der Waals surface area contributed by atoms with Crippen molar-refractivity contribution in [3.63, 3.8) is 0 Å². The molecule has 0 saturated carbocycles. The quantitative estimate of drug-likeness (QED) is 0.657. The number of carbonyl (C=O) groups is 2. The van der Waals surface area contributed by atoms with Crippen molar-refractivity contribution in [1.29, 1.82) is 0 Å². The van der Waals surface area contributed by atoms with Crippen molar-refractivity contribution in [2.24, 2.45) is 5.92 Å².